The second-order valence-electron chi connectivity index (χ2n) is 2.38. The van der Waals surface area contributed by atoms with Crippen molar-refractivity contribution in [2.45, 2.75) is 13.0 Å². The zero-order valence-corrected chi connectivity index (χ0v) is 6.13. The lowest BCUT2D eigenvalue weighted by molar-refractivity contribution is -0.394. The molecule has 1 aromatic heterocycles. The molecule has 0 bridgehead atoms. The van der Waals surface area contributed by atoms with Crippen LogP contribution in [-0.2, 0) is 6.54 Å². The Labute approximate surface area is 67.1 Å². The van der Waals surface area contributed by atoms with Gasteiger partial charge in [0.1, 0.15) is 0 Å². The third-order valence-corrected chi connectivity index (χ3v) is 1.54. The second kappa shape index (κ2) is 2.43. The van der Waals surface area contributed by atoms with Crippen LogP contribution in [-0.4, -0.2) is 26.3 Å². The van der Waals surface area contributed by atoms with Gasteiger partial charge in [0.2, 0.25) is 0 Å². The maximum absolute atomic E-state index is 10.2. The van der Waals surface area contributed by atoms with Crippen LogP contribution in [0.15, 0.2) is 0 Å². The van der Waals surface area contributed by atoms with Gasteiger partial charge in [0.05, 0.1) is 13.2 Å². The quantitative estimate of drug-likeness (QED) is 0.436. The van der Waals surface area contributed by atoms with E-state index in [0.717, 1.165) is 6.42 Å². The molecule has 0 aromatic carbocycles. The van der Waals surface area contributed by atoms with Crippen LogP contribution in [0.3, 0.4) is 0 Å². The van der Waals surface area contributed by atoms with Crippen molar-refractivity contribution in [3.05, 3.63) is 10.1 Å². The van der Waals surface area contributed by atoms with E-state index in [9.17, 15) is 10.1 Å². The predicted molar refractivity (Wildman–Crippen MR) is 36.8 cm³/mol. The highest BCUT2D eigenvalue weighted by Crippen LogP contribution is 2.16. The van der Waals surface area contributed by atoms with E-state index in [1.165, 1.54) is 4.68 Å². The van der Waals surface area contributed by atoms with Crippen LogP contribution in [0.4, 0.5) is 5.95 Å². The van der Waals surface area contributed by atoms with Crippen molar-refractivity contribution in [3.8, 4) is 6.01 Å². The molecule has 0 atom stereocenters. The predicted octanol–water partition coefficient (Wildman–Crippen LogP) is -0.0312. The number of hydrogen-bond acceptors (Lipinski definition) is 5. The van der Waals surface area contributed by atoms with Gasteiger partial charge in [0.15, 0.2) is 0 Å². The summed E-state index contributed by atoms with van der Waals surface area (Å²) in [4.78, 5) is 13.2. The van der Waals surface area contributed by atoms with E-state index in [2.05, 4.69) is 10.1 Å². The highest BCUT2D eigenvalue weighted by molar-refractivity contribution is 5.09. The van der Waals surface area contributed by atoms with E-state index in [1.54, 1.807) is 0 Å². The van der Waals surface area contributed by atoms with Gasteiger partial charge >= 0.3 is 12.0 Å². The minimum absolute atomic E-state index is 0.243. The van der Waals surface area contributed by atoms with E-state index in [1.807, 2.05) is 0 Å². The molecule has 0 fully saturated rings. The Hall–Kier alpha value is -1.66. The topological polar surface area (TPSA) is 83.1 Å². The Kier molecular flexibility index (Phi) is 1.42. The first-order chi connectivity index (χ1) is 5.77. The summed E-state index contributed by atoms with van der Waals surface area (Å²) in [5.41, 5.74) is 0. The van der Waals surface area contributed by atoms with Crippen molar-refractivity contribution in [2.24, 2.45) is 0 Å². The number of rotatable bonds is 1. The Morgan fingerprint density at radius 1 is 1.67 bits per heavy atom. The fourth-order valence-electron chi connectivity index (χ4n) is 1.02. The normalized spacial score (nSPS) is 15.0. The molecule has 1 aromatic rings. The Morgan fingerprint density at radius 3 is 3.17 bits per heavy atom. The first-order valence-corrected chi connectivity index (χ1v) is 3.49. The lowest BCUT2D eigenvalue weighted by atomic mass is 10.4. The Balaban J connectivity index is 2.38. The number of ether oxygens (including phenoxy) is 1. The fraction of sp³-hybridized carbons (Fsp3) is 0.600. The third kappa shape index (κ3) is 0.987. The number of aromatic nitrogens is 3. The van der Waals surface area contributed by atoms with Gasteiger partial charge in [-0.3, -0.25) is 0 Å². The smallest absolute Gasteiger partial charge is 0.450 e. The van der Waals surface area contributed by atoms with Gasteiger partial charge in [-0.15, -0.1) is 4.68 Å². The molecule has 1 aliphatic rings. The molecule has 1 aliphatic heterocycles. The molecule has 0 aliphatic carbocycles. The molecular formula is C5H6N4O3. The van der Waals surface area contributed by atoms with Crippen LogP contribution in [0.25, 0.3) is 0 Å². The van der Waals surface area contributed by atoms with Gasteiger partial charge in [-0.05, 0) is 9.91 Å². The van der Waals surface area contributed by atoms with Crippen LogP contribution in [0.2, 0.25) is 0 Å². The van der Waals surface area contributed by atoms with Crippen LogP contribution in [0.1, 0.15) is 6.42 Å². The van der Waals surface area contributed by atoms with Crippen molar-refractivity contribution in [1.29, 1.82) is 0 Å². The zero-order valence-electron chi connectivity index (χ0n) is 6.13. The molecule has 12 heavy (non-hydrogen) atoms. The Morgan fingerprint density at radius 2 is 2.50 bits per heavy atom. The zero-order chi connectivity index (χ0) is 8.55. The molecule has 0 amide bonds. The summed E-state index contributed by atoms with van der Waals surface area (Å²) in [7, 11) is 0. The molecule has 0 unspecified atom stereocenters. The second-order valence-corrected chi connectivity index (χ2v) is 2.38. The minimum Gasteiger partial charge on any atom is -0.450 e. The van der Waals surface area contributed by atoms with Gasteiger partial charge in [-0.2, -0.15) is 0 Å². The van der Waals surface area contributed by atoms with Crippen LogP contribution < -0.4 is 4.74 Å². The van der Waals surface area contributed by atoms with Gasteiger partial charge < -0.3 is 14.9 Å². The highest BCUT2D eigenvalue weighted by atomic mass is 16.6. The van der Waals surface area contributed by atoms with E-state index in [4.69, 9.17) is 4.74 Å². The number of nitro groups is 1. The van der Waals surface area contributed by atoms with E-state index >= 15 is 0 Å². The van der Waals surface area contributed by atoms with Gasteiger partial charge in [0, 0.05) is 11.5 Å². The molecular weight excluding hydrogens is 164 g/mol. The molecule has 7 nitrogen and oxygen atoms in total. The molecule has 2 rings (SSSR count). The van der Waals surface area contributed by atoms with E-state index in [-0.39, 0.29) is 6.01 Å². The van der Waals surface area contributed by atoms with Crippen molar-refractivity contribution in [1.82, 2.24) is 14.8 Å². The van der Waals surface area contributed by atoms with Crippen molar-refractivity contribution < 1.29 is 9.66 Å². The third-order valence-electron chi connectivity index (χ3n) is 1.54. The molecule has 0 N–H and O–H groups in total. The average Bonchev–Trinajstić information content (AvgIpc) is 2.46. The lowest BCUT2D eigenvalue weighted by Gasteiger charge is -2.07. The first-order valence-electron chi connectivity index (χ1n) is 3.49. The van der Waals surface area contributed by atoms with E-state index in [0.29, 0.717) is 13.2 Å². The number of hydrogen-bond donors (Lipinski definition) is 0. The monoisotopic (exact) mass is 170 g/mol. The summed E-state index contributed by atoms with van der Waals surface area (Å²) < 4.78 is 6.44. The summed E-state index contributed by atoms with van der Waals surface area (Å²) >= 11 is 0. The van der Waals surface area contributed by atoms with Crippen LogP contribution in [0.5, 0.6) is 6.01 Å². The maximum Gasteiger partial charge on any atom is 0.494 e. The molecule has 0 radical (unpaired) electrons. The molecule has 2 heterocycles. The maximum atomic E-state index is 10.2. The number of fused-ring (bicyclic) bond motifs is 1. The molecule has 7 heteroatoms. The summed E-state index contributed by atoms with van der Waals surface area (Å²) in [6, 6.07) is 0.243. The van der Waals surface area contributed by atoms with Gasteiger partial charge in [-0.25, -0.2) is 0 Å². The lowest BCUT2D eigenvalue weighted by Crippen LogP contribution is -2.14. The highest BCUT2D eigenvalue weighted by Gasteiger charge is 2.24. The average molecular weight is 170 g/mol. The number of nitrogens with zero attached hydrogens (tertiary/aromatic N) is 4. The SMILES string of the molecule is O=[N+]([O-])c1nc2n(n1)CCCO2. The van der Waals surface area contributed by atoms with Crippen LogP contribution >= 0.6 is 0 Å². The molecule has 64 valence electrons. The molecule has 0 spiro atoms. The number of aryl methyl sites for hydroxylation is 1. The van der Waals surface area contributed by atoms with Crippen molar-refractivity contribution >= 4 is 5.95 Å². The molecule has 0 saturated carbocycles. The van der Waals surface area contributed by atoms with E-state index < -0.39 is 10.9 Å². The molecule has 0 saturated heterocycles. The fourth-order valence-corrected chi connectivity index (χ4v) is 1.02. The standard InChI is InChI=1S/C5H6N4O3/c10-9(11)4-6-5-8(7-4)2-1-3-12-5/h1-3H2. The summed E-state index contributed by atoms with van der Waals surface area (Å²) in [6.07, 6.45) is 0.813. The largest absolute Gasteiger partial charge is 0.494 e. The van der Waals surface area contributed by atoms with Gasteiger partial charge in [-0.1, -0.05) is 0 Å². The summed E-state index contributed by atoms with van der Waals surface area (Å²) in [5, 5.41) is 13.9. The van der Waals surface area contributed by atoms with Crippen molar-refractivity contribution in [3.63, 3.8) is 0 Å². The summed E-state index contributed by atoms with van der Waals surface area (Å²) in [6.45, 7) is 1.19. The Bertz CT molecular complexity index is 297. The summed E-state index contributed by atoms with van der Waals surface area (Å²) in [5.74, 6) is -0.396. The minimum atomic E-state index is -0.630. The van der Waals surface area contributed by atoms with Gasteiger partial charge in [0.25, 0.3) is 0 Å². The first kappa shape index (κ1) is 7.01. The van der Waals surface area contributed by atoms with Crippen LogP contribution in [0, 0.1) is 10.1 Å². The van der Waals surface area contributed by atoms with Crippen molar-refractivity contribution in [2.75, 3.05) is 6.61 Å².